The van der Waals surface area contributed by atoms with Gasteiger partial charge >= 0.3 is 0 Å². The second kappa shape index (κ2) is 4.95. The zero-order valence-electron chi connectivity index (χ0n) is 9.17. The molecule has 18 heavy (non-hydrogen) atoms. The summed E-state index contributed by atoms with van der Waals surface area (Å²) in [6.45, 7) is 0. The van der Waals surface area contributed by atoms with Crippen LogP contribution in [0.25, 0.3) is 0 Å². The van der Waals surface area contributed by atoms with E-state index < -0.39 is 10.0 Å². The molecule has 0 aliphatic heterocycles. The second-order valence-electron chi connectivity index (χ2n) is 3.51. The van der Waals surface area contributed by atoms with Gasteiger partial charge in [0.05, 0.1) is 9.37 Å². The number of hydrogen-bond acceptors (Lipinski definition) is 4. The summed E-state index contributed by atoms with van der Waals surface area (Å²) in [6.07, 6.45) is 1.50. The summed E-state index contributed by atoms with van der Waals surface area (Å²) in [6, 6.07) is 9.45. The molecule has 0 fully saturated rings. The largest absolute Gasteiger partial charge is 0.399 e. The number of benzene rings is 1. The number of halogens is 1. The summed E-state index contributed by atoms with van der Waals surface area (Å²) >= 11 is 3.22. The lowest BCUT2D eigenvalue weighted by Gasteiger charge is -2.08. The average Bonchev–Trinajstić information content (AvgIpc) is 2.32. The molecule has 2 aromatic rings. The van der Waals surface area contributed by atoms with Gasteiger partial charge in [-0.3, -0.25) is 4.72 Å². The maximum Gasteiger partial charge on any atom is 0.263 e. The van der Waals surface area contributed by atoms with Gasteiger partial charge in [-0.15, -0.1) is 0 Å². The Bertz CT molecular complexity index is 673. The van der Waals surface area contributed by atoms with E-state index in [1.165, 1.54) is 18.3 Å². The van der Waals surface area contributed by atoms with Gasteiger partial charge in [-0.05, 0) is 46.3 Å². The zero-order chi connectivity index (χ0) is 13.2. The van der Waals surface area contributed by atoms with Crippen molar-refractivity contribution in [1.29, 1.82) is 0 Å². The first-order chi connectivity index (χ1) is 8.49. The van der Waals surface area contributed by atoms with Crippen LogP contribution < -0.4 is 10.5 Å². The van der Waals surface area contributed by atoms with Crippen LogP contribution in [0.4, 0.5) is 11.5 Å². The summed E-state index contributed by atoms with van der Waals surface area (Å²) in [5, 5.41) is 0. The molecule has 2 rings (SSSR count). The molecular formula is C11H10BrN3O2S. The number of nitrogens with two attached hydrogens (primary N) is 1. The molecule has 1 aromatic carbocycles. The first kappa shape index (κ1) is 12.8. The fourth-order valence-electron chi connectivity index (χ4n) is 1.33. The van der Waals surface area contributed by atoms with Crippen molar-refractivity contribution in [2.24, 2.45) is 0 Å². The van der Waals surface area contributed by atoms with Crippen LogP contribution in [-0.4, -0.2) is 13.4 Å². The highest BCUT2D eigenvalue weighted by Crippen LogP contribution is 2.22. The smallest absolute Gasteiger partial charge is 0.263 e. The first-order valence-electron chi connectivity index (χ1n) is 4.98. The number of nitrogens with one attached hydrogen (secondary N) is 1. The van der Waals surface area contributed by atoms with Crippen LogP contribution in [0.3, 0.4) is 0 Å². The maximum atomic E-state index is 12.1. The molecule has 0 bridgehead atoms. The van der Waals surface area contributed by atoms with Gasteiger partial charge < -0.3 is 5.73 Å². The molecule has 1 heterocycles. The SMILES string of the molecule is Nc1cccc(S(=O)(=O)Nc2ncccc2Br)c1. The van der Waals surface area contributed by atoms with E-state index >= 15 is 0 Å². The number of nitrogens with zero attached hydrogens (tertiary/aromatic N) is 1. The standard InChI is InChI=1S/C11H10BrN3O2S/c12-10-5-2-6-14-11(10)15-18(16,17)9-4-1-3-8(13)7-9/h1-7H,13H2,(H,14,15). The Balaban J connectivity index is 2.37. The van der Waals surface area contributed by atoms with Crippen LogP contribution >= 0.6 is 15.9 Å². The second-order valence-corrected chi connectivity index (χ2v) is 6.05. The third-order valence-corrected chi connectivity index (χ3v) is 4.13. The molecule has 0 spiro atoms. The van der Waals surface area contributed by atoms with Gasteiger partial charge in [0.1, 0.15) is 0 Å². The number of hydrogen-bond donors (Lipinski definition) is 2. The summed E-state index contributed by atoms with van der Waals surface area (Å²) < 4.78 is 27.1. The number of pyridine rings is 1. The Labute approximate surface area is 113 Å². The number of nitrogen functional groups attached to an aromatic ring is 1. The van der Waals surface area contributed by atoms with Gasteiger partial charge in [0.25, 0.3) is 10.0 Å². The number of aromatic nitrogens is 1. The lowest BCUT2D eigenvalue weighted by Crippen LogP contribution is -2.14. The van der Waals surface area contributed by atoms with E-state index in [-0.39, 0.29) is 10.7 Å². The molecule has 0 saturated heterocycles. The molecule has 5 nitrogen and oxygen atoms in total. The van der Waals surface area contributed by atoms with E-state index in [1.54, 1.807) is 24.3 Å². The minimum Gasteiger partial charge on any atom is -0.399 e. The van der Waals surface area contributed by atoms with Gasteiger partial charge in [0, 0.05) is 11.9 Å². The highest BCUT2D eigenvalue weighted by atomic mass is 79.9. The van der Waals surface area contributed by atoms with Crippen LogP contribution in [-0.2, 0) is 10.0 Å². The van der Waals surface area contributed by atoms with E-state index in [1.807, 2.05) is 0 Å². The van der Waals surface area contributed by atoms with Crippen molar-refractivity contribution in [3.63, 3.8) is 0 Å². The fraction of sp³-hybridized carbons (Fsp3) is 0. The van der Waals surface area contributed by atoms with Crippen molar-refractivity contribution in [1.82, 2.24) is 4.98 Å². The van der Waals surface area contributed by atoms with Crippen molar-refractivity contribution in [2.45, 2.75) is 4.90 Å². The fourth-order valence-corrected chi connectivity index (χ4v) is 2.90. The minimum absolute atomic E-state index is 0.0973. The third-order valence-electron chi connectivity index (χ3n) is 2.16. The predicted octanol–water partition coefficient (Wildman–Crippen LogP) is 2.23. The van der Waals surface area contributed by atoms with Crippen LogP contribution in [0.2, 0.25) is 0 Å². The number of anilines is 2. The van der Waals surface area contributed by atoms with Crippen molar-refractivity contribution in [2.75, 3.05) is 10.5 Å². The maximum absolute atomic E-state index is 12.1. The average molecular weight is 328 g/mol. The lowest BCUT2D eigenvalue weighted by molar-refractivity contribution is 0.601. The third kappa shape index (κ3) is 2.80. The Hall–Kier alpha value is -1.60. The Morgan fingerprint density at radius 2 is 2.00 bits per heavy atom. The zero-order valence-corrected chi connectivity index (χ0v) is 11.6. The molecule has 0 aliphatic carbocycles. The van der Waals surface area contributed by atoms with Gasteiger partial charge in [0.2, 0.25) is 0 Å². The predicted molar refractivity (Wildman–Crippen MR) is 73.6 cm³/mol. The normalized spacial score (nSPS) is 11.2. The van der Waals surface area contributed by atoms with Gasteiger partial charge in [0.15, 0.2) is 5.82 Å². The monoisotopic (exact) mass is 327 g/mol. The summed E-state index contributed by atoms with van der Waals surface area (Å²) in [7, 11) is -3.68. The van der Waals surface area contributed by atoms with Crippen LogP contribution in [0, 0.1) is 0 Å². The summed E-state index contributed by atoms with van der Waals surface area (Å²) in [5.74, 6) is 0.236. The van der Waals surface area contributed by atoms with Crippen molar-refractivity contribution < 1.29 is 8.42 Å². The van der Waals surface area contributed by atoms with E-state index in [0.717, 1.165) is 0 Å². The van der Waals surface area contributed by atoms with Crippen LogP contribution in [0.1, 0.15) is 0 Å². The quantitative estimate of drug-likeness (QED) is 0.846. The molecule has 0 aliphatic rings. The van der Waals surface area contributed by atoms with E-state index in [4.69, 9.17) is 5.73 Å². The topological polar surface area (TPSA) is 85.1 Å². The molecular weight excluding hydrogens is 318 g/mol. The first-order valence-corrected chi connectivity index (χ1v) is 7.25. The number of rotatable bonds is 3. The Kier molecular flexibility index (Phi) is 3.53. The molecule has 3 N–H and O–H groups in total. The van der Waals surface area contributed by atoms with Crippen molar-refractivity contribution in [3.8, 4) is 0 Å². The summed E-state index contributed by atoms with van der Waals surface area (Å²) in [4.78, 5) is 4.04. The molecule has 0 radical (unpaired) electrons. The summed E-state index contributed by atoms with van der Waals surface area (Å²) in [5.41, 5.74) is 5.95. The Morgan fingerprint density at radius 3 is 2.67 bits per heavy atom. The molecule has 0 amide bonds. The van der Waals surface area contributed by atoms with E-state index in [0.29, 0.717) is 10.2 Å². The van der Waals surface area contributed by atoms with Gasteiger partial charge in [-0.2, -0.15) is 0 Å². The molecule has 1 aromatic heterocycles. The van der Waals surface area contributed by atoms with E-state index in [9.17, 15) is 8.42 Å². The lowest BCUT2D eigenvalue weighted by atomic mass is 10.3. The Morgan fingerprint density at radius 1 is 1.22 bits per heavy atom. The van der Waals surface area contributed by atoms with Crippen LogP contribution in [0.5, 0.6) is 0 Å². The van der Waals surface area contributed by atoms with Gasteiger partial charge in [-0.1, -0.05) is 6.07 Å². The van der Waals surface area contributed by atoms with Crippen LogP contribution in [0.15, 0.2) is 52.0 Å². The highest BCUT2D eigenvalue weighted by molar-refractivity contribution is 9.10. The molecule has 0 saturated carbocycles. The minimum atomic E-state index is -3.68. The van der Waals surface area contributed by atoms with Crippen molar-refractivity contribution in [3.05, 3.63) is 47.1 Å². The highest BCUT2D eigenvalue weighted by Gasteiger charge is 2.16. The van der Waals surface area contributed by atoms with Crippen molar-refractivity contribution >= 4 is 37.5 Å². The van der Waals surface area contributed by atoms with Gasteiger partial charge in [-0.25, -0.2) is 13.4 Å². The molecule has 0 atom stereocenters. The number of sulfonamides is 1. The van der Waals surface area contributed by atoms with E-state index in [2.05, 4.69) is 25.6 Å². The molecule has 94 valence electrons. The molecule has 0 unspecified atom stereocenters. The molecule has 7 heteroatoms.